The lowest BCUT2D eigenvalue weighted by molar-refractivity contribution is -0.156. The highest BCUT2D eigenvalue weighted by Gasteiger charge is 2.50. The lowest BCUT2D eigenvalue weighted by Crippen LogP contribution is -2.61. The largest absolute Gasteiger partial charge is 0.464 e. The number of piperazine rings is 1. The van der Waals surface area contributed by atoms with Gasteiger partial charge in [-0.15, -0.1) is 11.3 Å². The smallest absolute Gasteiger partial charge is 0.324 e. The van der Waals surface area contributed by atoms with Crippen molar-refractivity contribution in [3.05, 3.63) is 52.1 Å². The van der Waals surface area contributed by atoms with Crippen LogP contribution in [-0.4, -0.2) is 115 Å². The molecular weight excluding hydrogens is 793 g/mol. The van der Waals surface area contributed by atoms with Gasteiger partial charge in [-0.05, 0) is 75.8 Å². The number of benzene rings is 1. The molecule has 328 valence electrons. The number of methoxy groups -OCH3 is 2. The summed E-state index contributed by atoms with van der Waals surface area (Å²) in [6, 6.07) is 6.96. The minimum Gasteiger partial charge on any atom is -0.464 e. The van der Waals surface area contributed by atoms with Crippen LogP contribution in [0.5, 0.6) is 0 Å². The molecule has 0 unspecified atom stereocenters. The number of hydrogen-bond acceptors (Lipinski definition) is 12. The monoisotopic (exact) mass is 854 g/mol. The van der Waals surface area contributed by atoms with Gasteiger partial charge >= 0.3 is 5.97 Å². The zero-order valence-corrected chi connectivity index (χ0v) is 37.9. The van der Waals surface area contributed by atoms with Crippen molar-refractivity contribution >= 4 is 45.7 Å². The molecule has 3 aliphatic heterocycles. The fourth-order valence-corrected chi connectivity index (χ4v) is 10.4. The van der Waals surface area contributed by atoms with Crippen LogP contribution in [0.2, 0.25) is 0 Å². The average molecular weight is 855 g/mol. The number of aromatic nitrogens is 3. The van der Waals surface area contributed by atoms with Crippen molar-refractivity contribution in [3.63, 3.8) is 0 Å². The molecule has 1 aromatic carbocycles. The van der Waals surface area contributed by atoms with Crippen LogP contribution in [0, 0.1) is 23.2 Å². The average Bonchev–Trinajstić information content (AvgIpc) is 3.53. The number of carbonyl (C=O) groups excluding carboxylic acids is 3. The summed E-state index contributed by atoms with van der Waals surface area (Å²) in [5, 5.41) is 8.16. The molecule has 8 rings (SSSR count). The predicted octanol–water partition coefficient (Wildman–Crippen LogP) is 6.00. The highest BCUT2D eigenvalue weighted by atomic mass is 32.1. The number of carbonyl (C=O) groups is 3. The molecule has 4 aliphatic rings. The topological polar surface area (TPSA) is 143 Å². The molecule has 6 heterocycles. The van der Waals surface area contributed by atoms with Crippen LogP contribution < -0.4 is 15.6 Å². The molecule has 2 N–H and O–H groups in total. The van der Waals surface area contributed by atoms with Gasteiger partial charge in [-0.1, -0.05) is 33.8 Å². The van der Waals surface area contributed by atoms with Gasteiger partial charge in [0, 0.05) is 92.2 Å². The number of rotatable bonds is 8. The van der Waals surface area contributed by atoms with Crippen LogP contribution >= 0.6 is 11.3 Å². The number of likely N-dealkylation sites (N-methyl/N-ethyl adjacent to an activating group) is 1. The van der Waals surface area contributed by atoms with Crippen molar-refractivity contribution in [3.8, 4) is 22.5 Å². The van der Waals surface area contributed by atoms with E-state index in [4.69, 9.17) is 24.2 Å². The van der Waals surface area contributed by atoms with Gasteiger partial charge < -0.3 is 33.9 Å². The summed E-state index contributed by atoms with van der Waals surface area (Å²) in [5.74, 6) is -0.743. The normalized spacial score (nSPS) is 26.5. The summed E-state index contributed by atoms with van der Waals surface area (Å²) in [4.78, 5) is 57.1. The van der Waals surface area contributed by atoms with Crippen molar-refractivity contribution in [1.82, 2.24) is 35.2 Å². The number of hydrazine groups is 1. The third-order valence-corrected chi connectivity index (χ3v) is 14.5. The molecule has 3 aromatic heterocycles. The van der Waals surface area contributed by atoms with E-state index >= 15 is 0 Å². The third-order valence-electron chi connectivity index (χ3n) is 13.6. The summed E-state index contributed by atoms with van der Waals surface area (Å²) in [6.07, 6.45) is 2.53. The number of aryl methyl sites for hydroxylation is 1. The van der Waals surface area contributed by atoms with Crippen molar-refractivity contribution in [2.45, 2.75) is 91.6 Å². The molecule has 1 saturated carbocycles. The van der Waals surface area contributed by atoms with E-state index in [9.17, 15) is 14.4 Å². The number of fused-ring (bicyclic) bond motifs is 6. The maximum Gasteiger partial charge on any atom is 0.324 e. The van der Waals surface area contributed by atoms with E-state index in [0.29, 0.717) is 37.4 Å². The number of nitrogens with one attached hydrogen (secondary N) is 2. The third kappa shape index (κ3) is 8.43. The zero-order chi connectivity index (χ0) is 43.3. The number of pyridine rings is 1. The maximum absolute atomic E-state index is 14.5. The Kier molecular flexibility index (Phi) is 12.3. The summed E-state index contributed by atoms with van der Waals surface area (Å²) in [6.45, 7) is 17.6. The molecule has 0 spiro atoms. The predicted molar refractivity (Wildman–Crippen MR) is 237 cm³/mol. The molecule has 0 radical (unpaired) electrons. The Hall–Kier alpha value is -4.41. The van der Waals surface area contributed by atoms with Gasteiger partial charge in [0.25, 0.3) is 5.91 Å². The molecule has 3 fully saturated rings. The minimum absolute atomic E-state index is 0.161. The summed E-state index contributed by atoms with van der Waals surface area (Å²) < 4.78 is 20.6. The second-order valence-electron chi connectivity index (χ2n) is 18.3. The molecule has 61 heavy (non-hydrogen) atoms. The second-order valence-corrected chi connectivity index (χ2v) is 19.2. The van der Waals surface area contributed by atoms with E-state index in [1.807, 2.05) is 32.3 Å². The zero-order valence-electron chi connectivity index (χ0n) is 37.1. The molecule has 15 heteroatoms. The quantitative estimate of drug-likeness (QED) is 0.202. The molecule has 2 saturated heterocycles. The van der Waals surface area contributed by atoms with Crippen molar-refractivity contribution in [2.24, 2.45) is 23.2 Å². The first kappa shape index (κ1) is 43.2. The van der Waals surface area contributed by atoms with E-state index in [1.54, 1.807) is 7.11 Å². The number of amides is 2. The Morgan fingerprint density at radius 2 is 1.85 bits per heavy atom. The van der Waals surface area contributed by atoms with Gasteiger partial charge in [0.15, 0.2) is 0 Å². The van der Waals surface area contributed by atoms with Crippen LogP contribution in [-0.2, 0) is 41.6 Å². The number of anilines is 1. The van der Waals surface area contributed by atoms with Gasteiger partial charge in [0.2, 0.25) is 5.91 Å². The van der Waals surface area contributed by atoms with Crippen LogP contribution in [0.3, 0.4) is 0 Å². The van der Waals surface area contributed by atoms with Crippen molar-refractivity contribution < 1.29 is 28.6 Å². The Labute approximate surface area is 363 Å². The molecular formula is C46H62N8O6S. The number of esters is 1. The van der Waals surface area contributed by atoms with E-state index in [0.717, 1.165) is 76.5 Å². The fraction of sp³-hybridized carbons (Fsp3) is 0.587. The van der Waals surface area contributed by atoms with E-state index in [-0.39, 0.29) is 42.3 Å². The number of cyclic esters (lactones) is 1. The number of thiazole rings is 1. The summed E-state index contributed by atoms with van der Waals surface area (Å²) in [5.41, 5.74) is 10.6. The maximum atomic E-state index is 14.5. The summed E-state index contributed by atoms with van der Waals surface area (Å²) in [7, 11) is 5.42. The van der Waals surface area contributed by atoms with Crippen molar-refractivity contribution in [2.75, 3.05) is 65.5 Å². The molecule has 2 amide bonds. The lowest BCUT2D eigenvalue weighted by Gasteiger charge is -2.36. The second kappa shape index (κ2) is 17.4. The highest BCUT2D eigenvalue weighted by molar-refractivity contribution is 7.10. The molecule has 14 nitrogen and oxygen atoms in total. The van der Waals surface area contributed by atoms with Gasteiger partial charge in [-0.3, -0.25) is 24.4 Å². The Morgan fingerprint density at radius 3 is 2.54 bits per heavy atom. The summed E-state index contributed by atoms with van der Waals surface area (Å²) >= 11 is 1.40. The molecule has 6 bridgehead atoms. The standard InChI is InChI=1S/C46H62N8O6S/c1-10-53-36-14-13-29-20-31(36)33(40(53)32-21-30(23-47-38(32)28(4)58-8)52-18-16-51(7)17-19-52)22-46(5,6)25-60-45(57)34-12-11-15-54(50-34)44(56)39(49-42(55)37-26(2)27(37)3)41(59-9)43-48-35(29)24-61-43/h13-14,20-21,23-24,26-28,34,37,39,41,50H,10-12,15-19,22,25H2,1-9H3,(H,49,55)/t26-,27+,28-,34-,37+,39-,41-/m0/s1. The SMILES string of the molecule is CCn1c(-c2cc(N3CCN(C)CC3)cnc2[C@H](C)OC)c2c3cc(ccc31)-c1csc(n1)[C@@H](OC)[C@H](NC(=O)[C@H]1[C@H](C)[C@@H]1C)C(=O)N1CCC[C@H](N1)C(=O)OCC(C)(C)C2. The number of hydrogen-bond donors (Lipinski definition) is 2. The highest BCUT2D eigenvalue weighted by Crippen LogP contribution is 2.46. The molecule has 4 aromatic rings. The first-order chi connectivity index (χ1) is 29.2. The van der Waals surface area contributed by atoms with E-state index in [1.165, 1.54) is 23.5 Å². The first-order valence-electron chi connectivity index (χ1n) is 21.9. The van der Waals surface area contributed by atoms with Crippen LogP contribution in [0.25, 0.3) is 33.4 Å². The lowest BCUT2D eigenvalue weighted by atomic mass is 9.84. The first-order valence-corrected chi connectivity index (χ1v) is 22.8. The molecule has 1 aliphatic carbocycles. The van der Waals surface area contributed by atoms with Gasteiger partial charge in [0.05, 0.1) is 41.7 Å². The Balaban J connectivity index is 1.28. The Morgan fingerprint density at radius 1 is 1.10 bits per heavy atom. The Bertz CT molecular complexity index is 2270. The van der Waals surface area contributed by atoms with Crippen LogP contribution in [0.1, 0.15) is 82.9 Å². The van der Waals surface area contributed by atoms with Crippen LogP contribution in [0.4, 0.5) is 5.69 Å². The fourth-order valence-electron chi connectivity index (χ4n) is 9.49. The van der Waals surface area contributed by atoms with Crippen LogP contribution in [0.15, 0.2) is 35.8 Å². The molecule has 7 atom stereocenters. The van der Waals surface area contributed by atoms with Crippen molar-refractivity contribution in [1.29, 1.82) is 0 Å². The van der Waals surface area contributed by atoms with Gasteiger partial charge in [-0.25, -0.2) is 10.4 Å². The minimum atomic E-state index is -1.08. The van der Waals surface area contributed by atoms with Gasteiger partial charge in [0.1, 0.15) is 23.2 Å². The van der Waals surface area contributed by atoms with Gasteiger partial charge in [-0.2, -0.15) is 0 Å². The van der Waals surface area contributed by atoms with E-state index < -0.39 is 29.6 Å². The number of nitrogens with zero attached hydrogens (tertiary/aromatic N) is 6. The number of ether oxygens (including phenoxy) is 3. The van der Waals surface area contributed by atoms with E-state index in [2.05, 4.69) is 77.2 Å².